The first kappa shape index (κ1) is 13.2. The van der Waals surface area contributed by atoms with E-state index >= 15 is 0 Å². The van der Waals surface area contributed by atoms with E-state index in [-0.39, 0.29) is 11.5 Å². The highest BCUT2D eigenvalue weighted by Gasteiger charge is 2.13. The number of rotatable bonds is 5. The number of aromatic hydroxyl groups is 1. The minimum atomic E-state index is -0.0143. The van der Waals surface area contributed by atoms with Crippen LogP contribution in [-0.2, 0) is 0 Å². The molecule has 88 valence electrons. The van der Waals surface area contributed by atoms with Gasteiger partial charge in [0.15, 0.2) is 5.78 Å². The minimum absolute atomic E-state index is 0.0143. The molecular formula is C13H17BrO2. The summed E-state index contributed by atoms with van der Waals surface area (Å²) in [6.07, 6.45) is 1.44. The normalized spacial score (nSPS) is 12.4. The van der Waals surface area contributed by atoms with Crippen molar-refractivity contribution in [2.45, 2.75) is 32.6 Å². The highest BCUT2D eigenvalue weighted by Crippen LogP contribution is 2.26. The Labute approximate surface area is 105 Å². The molecule has 0 aliphatic heterocycles. The Balaban J connectivity index is 3.03. The molecule has 1 aromatic carbocycles. The Hall–Kier alpha value is -0.830. The molecule has 0 spiro atoms. The van der Waals surface area contributed by atoms with Crippen molar-refractivity contribution in [3.63, 3.8) is 0 Å². The van der Waals surface area contributed by atoms with E-state index in [1.54, 1.807) is 6.07 Å². The van der Waals surface area contributed by atoms with Crippen molar-refractivity contribution in [3.05, 3.63) is 29.3 Å². The fourth-order valence-electron chi connectivity index (χ4n) is 1.54. The Morgan fingerprint density at radius 1 is 1.50 bits per heavy atom. The van der Waals surface area contributed by atoms with E-state index in [2.05, 4.69) is 29.8 Å². The molecule has 1 aromatic rings. The maximum atomic E-state index is 11.7. The Morgan fingerprint density at radius 3 is 2.75 bits per heavy atom. The molecule has 1 N–H and O–H groups in total. The van der Waals surface area contributed by atoms with E-state index in [0.29, 0.717) is 23.2 Å². The summed E-state index contributed by atoms with van der Waals surface area (Å²) in [5, 5.41) is 10.3. The van der Waals surface area contributed by atoms with Crippen molar-refractivity contribution in [1.82, 2.24) is 0 Å². The predicted octanol–water partition coefficient (Wildman–Crippen LogP) is 3.87. The second kappa shape index (κ2) is 6.04. The lowest BCUT2D eigenvalue weighted by molar-refractivity contribution is 0.0987. The van der Waals surface area contributed by atoms with Gasteiger partial charge in [-0.1, -0.05) is 35.8 Å². The molecule has 16 heavy (non-hydrogen) atoms. The molecule has 1 atom stereocenters. The molecule has 0 amide bonds. The van der Waals surface area contributed by atoms with Crippen molar-refractivity contribution < 1.29 is 9.90 Å². The van der Waals surface area contributed by atoms with Crippen LogP contribution in [0.3, 0.4) is 0 Å². The molecule has 0 saturated heterocycles. The summed E-state index contributed by atoms with van der Waals surface area (Å²) in [4.78, 5) is 11.7. The molecule has 0 aliphatic carbocycles. The molecule has 0 bridgehead atoms. The number of benzene rings is 1. The summed E-state index contributed by atoms with van der Waals surface area (Å²) >= 11 is 3.23. The van der Waals surface area contributed by atoms with Gasteiger partial charge in [-0.25, -0.2) is 0 Å². The second-order valence-corrected chi connectivity index (χ2v) is 4.74. The van der Waals surface area contributed by atoms with Gasteiger partial charge >= 0.3 is 0 Å². The molecule has 0 aliphatic rings. The third-order valence-corrected chi connectivity index (χ3v) is 3.22. The lowest BCUT2D eigenvalue weighted by Crippen LogP contribution is -2.02. The van der Waals surface area contributed by atoms with Gasteiger partial charge in [-0.3, -0.25) is 4.79 Å². The Morgan fingerprint density at radius 2 is 2.19 bits per heavy atom. The van der Waals surface area contributed by atoms with Crippen LogP contribution in [0.25, 0.3) is 0 Å². The Bertz CT molecular complexity index is 374. The largest absolute Gasteiger partial charge is 0.507 e. The van der Waals surface area contributed by atoms with Crippen molar-refractivity contribution in [1.29, 1.82) is 0 Å². The number of phenols is 1. The van der Waals surface area contributed by atoms with E-state index < -0.39 is 0 Å². The zero-order chi connectivity index (χ0) is 12.1. The van der Waals surface area contributed by atoms with Gasteiger partial charge in [-0.05, 0) is 30.0 Å². The SMILES string of the molecule is CCC(C)c1ccc(O)c(C(=O)CCBr)c1. The van der Waals surface area contributed by atoms with Gasteiger partial charge in [0, 0.05) is 11.8 Å². The van der Waals surface area contributed by atoms with Gasteiger partial charge in [0.2, 0.25) is 0 Å². The first-order chi connectivity index (χ1) is 7.60. The third-order valence-electron chi connectivity index (χ3n) is 2.82. The van der Waals surface area contributed by atoms with Crippen LogP contribution in [0, 0.1) is 0 Å². The van der Waals surface area contributed by atoms with E-state index in [0.717, 1.165) is 12.0 Å². The van der Waals surface area contributed by atoms with Crippen LogP contribution in [0.2, 0.25) is 0 Å². The number of ketones is 1. The third kappa shape index (κ3) is 3.08. The molecule has 1 unspecified atom stereocenters. The highest BCUT2D eigenvalue weighted by atomic mass is 79.9. The molecule has 1 rings (SSSR count). The molecule has 2 nitrogen and oxygen atoms in total. The number of carbonyl (C=O) groups excluding carboxylic acids is 1. The number of hydrogen-bond donors (Lipinski definition) is 1. The Kier molecular flexibility index (Phi) is 5.00. The number of hydrogen-bond acceptors (Lipinski definition) is 2. The van der Waals surface area contributed by atoms with Crippen LogP contribution < -0.4 is 0 Å². The summed E-state index contributed by atoms with van der Waals surface area (Å²) in [7, 11) is 0. The van der Waals surface area contributed by atoms with Crippen LogP contribution in [0.1, 0.15) is 48.5 Å². The van der Waals surface area contributed by atoms with Gasteiger partial charge in [-0.2, -0.15) is 0 Å². The average Bonchev–Trinajstić information content (AvgIpc) is 2.29. The van der Waals surface area contributed by atoms with Gasteiger partial charge in [-0.15, -0.1) is 0 Å². The van der Waals surface area contributed by atoms with Crippen LogP contribution in [0.4, 0.5) is 0 Å². The van der Waals surface area contributed by atoms with Crippen LogP contribution in [-0.4, -0.2) is 16.2 Å². The van der Waals surface area contributed by atoms with Crippen LogP contribution >= 0.6 is 15.9 Å². The fourth-order valence-corrected chi connectivity index (χ4v) is 1.90. The quantitative estimate of drug-likeness (QED) is 0.658. The maximum Gasteiger partial charge on any atom is 0.167 e. The fraction of sp³-hybridized carbons (Fsp3) is 0.462. The first-order valence-corrected chi connectivity index (χ1v) is 6.64. The zero-order valence-electron chi connectivity index (χ0n) is 9.66. The van der Waals surface area contributed by atoms with E-state index in [9.17, 15) is 9.90 Å². The number of carbonyl (C=O) groups is 1. The first-order valence-electron chi connectivity index (χ1n) is 5.52. The monoisotopic (exact) mass is 284 g/mol. The van der Waals surface area contributed by atoms with Crippen molar-refractivity contribution in [3.8, 4) is 5.75 Å². The van der Waals surface area contributed by atoms with Gasteiger partial charge in [0.05, 0.1) is 5.56 Å². The minimum Gasteiger partial charge on any atom is -0.507 e. The molecule has 0 saturated carbocycles. The lowest BCUT2D eigenvalue weighted by Gasteiger charge is -2.11. The topological polar surface area (TPSA) is 37.3 Å². The maximum absolute atomic E-state index is 11.7. The van der Waals surface area contributed by atoms with Crippen molar-refractivity contribution in [2.24, 2.45) is 0 Å². The van der Waals surface area contributed by atoms with Crippen molar-refractivity contribution >= 4 is 21.7 Å². The molecule has 0 heterocycles. The number of alkyl halides is 1. The summed E-state index contributed by atoms with van der Waals surface area (Å²) in [5.74, 6) is 0.480. The standard InChI is InChI=1S/C13H17BrO2/c1-3-9(2)10-4-5-12(15)11(8-10)13(16)6-7-14/h4-5,8-9,15H,3,6-7H2,1-2H3. The lowest BCUT2D eigenvalue weighted by atomic mass is 9.95. The highest BCUT2D eigenvalue weighted by molar-refractivity contribution is 9.09. The molecule has 3 heteroatoms. The van der Waals surface area contributed by atoms with Crippen LogP contribution in [0.15, 0.2) is 18.2 Å². The summed E-state index contributed by atoms with van der Waals surface area (Å²) in [6, 6.07) is 5.31. The molecular weight excluding hydrogens is 268 g/mol. The summed E-state index contributed by atoms with van der Waals surface area (Å²) in [5.41, 5.74) is 1.55. The van der Waals surface area contributed by atoms with Crippen molar-refractivity contribution in [2.75, 3.05) is 5.33 Å². The van der Waals surface area contributed by atoms with Gasteiger partial charge < -0.3 is 5.11 Å². The van der Waals surface area contributed by atoms with Crippen LogP contribution in [0.5, 0.6) is 5.75 Å². The second-order valence-electron chi connectivity index (χ2n) is 3.95. The number of halogens is 1. The zero-order valence-corrected chi connectivity index (χ0v) is 11.3. The molecule has 0 fully saturated rings. The van der Waals surface area contributed by atoms with Gasteiger partial charge in [0.25, 0.3) is 0 Å². The number of Topliss-reactive ketones (excluding diaryl/α,β-unsaturated/α-hetero) is 1. The van der Waals surface area contributed by atoms with E-state index in [1.807, 2.05) is 12.1 Å². The summed E-state index contributed by atoms with van der Waals surface area (Å²) < 4.78 is 0. The molecule has 0 radical (unpaired) electrons. The molecule has 0 aromatic heterocycles. The average molecular weight is 285 g/mol. The predicted molar refractivity (Wildman–Crippen MR) is 69.6 cm³/mol. The smallest absolute Gasteiger partial charge is 0.167 e. The summed E-state index contributed by atoms with van der Waals surface area (Å²) in [6.45, 7) is 4.22. The van der Waals surface area contributed by atoms with E-state index in [1.165, 1.54) is 0 Å². The van der Waals surface area contributed by atoms with Gasteiger partial charge in [0.1, 0.15) is 5.75 Å². The number of phenolic OH excluding ortho intramolecular Hbond substituents is 1. The van der Waals surface area contributed by atoms with E-state index in [4.69, 9.17) is 0 Å².